The van der Waals surface area contributed by atoms with Crippen LogP contribution in [0.2, 0.25) is 0 Å². The third kappa shape index (κ3) is 5.11. The summed E-state index contributed by atoms with van der Waals surface area (Å²) in [4.78, 5) is 12.4. The van der Waals surface area contributed by atoms with Crippen LogP contribution in [0.25, 0.3) is 10.9 Å². The highest BCUT2D eigenvalue weighted by Gasteiger charge is 2.44. The molecule has 0 radical (unpaired) electrons. The van der Waals surface area contributed by atoms with E-state index in [2.05, 4.69) is 30.3 Å². The quantitative estimate of drug-likeness (QED) is 0.511. The van der Waals surface area contributed by atoms with Gasteiger partial charge in [0.15, 0.2) is 5.82 Å². The zero-order valence-corrected chi connectivity index (χ0v) is 18.7. The first kappa shape index (κ1) is 23.8. The van der Waals surface area contributed by atoms with Crippen LogP contribution in [0, 0.1) is 0 Å². The summed E-state index contributed by atoms with van der Waals surface area (Å²) in [6.45, 7) is 0.606. The van der Waals surface area contributed by atoms with Gasteiger partial charge in [0, 0.05) is 44.2 Å². The molecule has 2 aliphatic rings. The van der Waals surface area contributed by atoms with Crippen LogP contribution in [0.15, 0.2) is 12.3 Å². The molecule has 1 saturated carbocycles. The van der Waals surface area contributed by atoms with E-state index in [4.69, 9.17) is 0 Å². The van der Waals surface area contributed by atoms with E-state index in [1.54, 1.807) is 0 Å². The Morgan fingerprint density at radius 2 is 1.88 bits per heavy atom. The van der Waals surface area contributed by atoms with E-state index >= 15 is 0 Å². The summed E-state index contributed by atoms with van der Waals surface area (Å²) in [5, 5.41) is 6.01. The Kier molecular flexibility index (Phi) is 6.60. The summed E-state index contributed by atoms with van der Waals surface area (Å²) in [7, 11) is -2.15. The molecule has 0 bridgehead atoms. The smallest absolute Gasteiger partial charge is 0.280 e. The maximum Gasteiger partial charge on any atom is 0.280 e. The maximum atomic E-state index is 14.1. The van der Waals surface area contributed by atoms with Crippen molar-refractivity contribution in [1.29, 1.82) is 0 Å². The molecule has 1 aliphatic carbocycles. The van der Waals surface area contributed by atoms with Crippen LogP contribution in [0.3, 0.4) is 0 Å². The van der Waals surface area contributed by atoms with Gasteiger partial charge in [0.1, 0.15) is 11.2 Å². The van der Waals surface area contributed by atoms with Crippen LogP contribution < -0.4 is 15.4 Å². The lowest BCUT2D eigenvalue weighted by Crippen LogP contribution is -2.46. The number of nitrogens with zero attached hydrogens (tertiary/aromatic N) is 4. The molecule has 2 aromatic rings. The number of aromatic nitrogens is 3. The van der Waals surface area contributed by atoms with Crippen molar-refractivity contribution in [2.45, 2.75) is 56.5 Å². The lowest BCUT2D eigenvalue weighted by atomic mass is 10.1. The second kappa shape index (κ2) is 9.14. The van der Waals surface area contributed by atoms with Crippen LogP contribution in [0.1, 0.15) is 44.2 Å². The fourth-order valence-electron chi connectivity index (χ4n) is 4.16. The molecule has 1 unspecified atom stereocenters. The second-order valence-corrected chi connectivity index (χ2v) is 10.1. The summed E-state index contributed by atoms with van der Waals surface area (Å²) < 4.78 is 82.4. The van der Waals surface area contributed by atoms with Crippen LogP contribution in [-0.4, -0.2) is 65.8 Å². The van der Waals surface area contributed by atoms with E-state index in [1.807, 2.05) is 0 Å². The number of hydrogen-bond donors (Lipinski definition) is 3. The second-order valence-electron chi connectivity index (χ2n) is 8.20. The number of piperidine rings is 1. The van der Waals surface area contributed by atoms with Crippen molar-refractivity contribution in [2.75, 3.05) is 30.8 Å². The van der Waals surface area contributed by atoms with Gasteiger partial charge in [-0.1, -0.05) is 0 Å². The minimum Gasteiger partial charge on any atom is -0.359 e. The first-order chi connectivity index (χ1) is 15.6. The van der Waals surface area contributed by atoms with Crippen molar-refractivity contribution >= 4 is 32.9 Å². The molecule has 2 aromatic heterocycles. The molecule has 3 N–H and O–H groups in total. The molecular weight excluding hydrogens is 466 g/mol. The van der Waals surface area contributed by atoms with Gasteiger partial charge in [-0.05, 0) is 31.7 Å². The number of anilines is 2. The fraction of sp³-hybridized carbons (Fsp3) is 0.632. The van der Waals surface area contributed by atoms with Gasteiger partial charge >= 0.3 is 0 Å². The number of rotatable bonds is 7. The molecule has 2 fully saturated rings. The molecule has 9 nitrogen and oxygen atoms in total. The molecule has 1 atom stereocenters. The normalized spacial score (nSPS) is 22.2. The highest BCUT2D eigenvalue weighted by molar-refractivity contribution is 7.87. The molecule has 0 spiro atoms. The standard InChI is InChI=1S/C19H25F4N7O2S/c1-24-33(31,32)30-7-4-12(5-8-30)26-18-25-10-11-9-13(16(20)21)27-17(15(11)29-18)28-14-3-2-6-19(14,22)23/h9-10,12,14,16,24H,2-8H2,1H3,(H,27,28)(H,25,26,29). The number of pyridine rings is 1. The Labute approximate surface area is 188 Å². The third-order valence-electron chi connectivity index (χ3n) is 6.02. The average molecular weight is 492 g/mol. The average Bonchev–Trinajstić information content (AvgIpc) is 3.11. The van der Waals surface area contributed by atoms with Gasteiger partial charge in [-0.2, -0.15) is 12.7 Å². The first-order valence-corrected chi connectivity index (χ1v) is 12.1. The third-order valence-corrected chi connectivity index (χ3v) is 7.58. The Morgan fingerprint density at radius 3 is 2.48 bits per heavy atom. The van der Waals surface area contributed by atoms with E-state index in [-0.39, 0.29) is 41.6 Å². The molecule has 1 saturated heterocycles. The lowest BCUT2D eigenvalue weighted by Gasteiger charge is -2.31. The minimum atomic E-state index is -3.50. The number of fused-ring (bicyclic) bond motifs is 1. The van der Waals surface area contributed by atoms with Crippen LogP contribution >= 0.6 is 0 Å². The van der Waals surface area contributed by atoms with E-state index in [0.717, 1.165) is 6.07 Å². The number of alkyl halides is 4. The van der Waals surface area contributed by atoms with Gasteiger partial charge in [-0.25, -0.2) is 37.2 Å². The van der Waals surface area contributed by atoms with Crippen molar-refractivity contribution in [3.05, 3.63) is 18.0 Å². The topological polar surface area (TPSA) is 112 Å². The zero-order chi connectivity index (χ0) is 23.8. The predicted octanol–water partition coefficient (Wildman–Crippen LogP) is 2.90. The van der Waals surface area contributed by atoms with Crippen molar-refractivity contribution < 1.29 is 26.0 Å². The predicted molar refractivity (Wildman–Crippen MR) is 115 cm³/mol. The highest BCUT2D eigenvalue weighted by atomic mass is 32.2. The molecular formula is C19H25F4N7O2S. The van der Waals surface area contributed by atoms with E-state index in [9.17, 15) is 26.0 Å². The molecule has 4 rings (SSSR count). The maximum absolute atomic E-state index is 14.1. The number of hydrogen-bond acceptors (Lipinski definition) is 7. The number of halogens is 4. The zero-order valence-electron chi connectivity index (χ0n) is 17.9. The van der Waals surface area contributed by atoms with Crippen molar-refractivity contribution in [3.63, 3.8) is 0 Å². The van der Waals surface area contributed by atoms with Gasteiger partial charge in [0.25, 0.3) is 22.6 Å². The van der Waals surface area contributed by atoms with E-state index < -0.39 is 34.3 Å². The SMILES string of the molecule is CNS(=O)(=O)N1CCC(Nc2ncc3cc(C(F)F)nc(NC4CCCC4(F)F)c3n2)CC1. The molecule has 0 aromatic carbocycles. The molecule has 14 heteroatoms. The van der Waals surface area contributed by atoms with Crippen molar-refractivity contribution in [1.82, 2.24) is 24.0 Å². The van der Waals surface area contributed by atoms with Crippen molar-refractivity contribution in [3.8, 4) is 0 Å². The van der Waals surface area contributed by atoms with Gasteiger partial charge in [0.05, 0.1) is 6.04 Å². The van der Waals surface area contributed by atoms with Crippen molar-refractivity contribution in [2.24, 2.45) is 0 Å². The molecule has 33 heavy (non-hydrogen) atoms. The van der Waals surface area contributed by atoms with Crippen LogP contribution in [0.4, 0.5) is 29.3 Å². The molecule has 0 amide bonds. The molecule has 3 heterocycles. The summed E-state index contributed by atoms with van der Waals surface area (Å²) in [6.07, 6.45) is -0.289. The Balaban J connectivity index is 1.57. The van der Waals surface area contributed by atoms with E-state index in [0.29, 0.717) is 32.4 Å². The first-order valence-electron chi connectivity index (χ1n) is 10.6. The van der Waals surface area contributed by atoms with Crippen LogP contribution in [0.5, 0.6) is 0 Å². The van der Waals surface area contributed by atoms with E-state index in [1.165, 1.54) is 17.5 Å². The van der Waals surface area contributed by atoms with Gasteiger partial charge < -0.3 is 10.6 Å². The summed E-state index contributed by atoms with van der Waals surface area (Å²) in [5.41, 5.74) is -0.386. The molecule has 1 aliphatic heterocycles. The minimum absolute atomic E-state index is 0.116. The van der Waals surface area contributed by atoms with Gasteiger partial charge in [0.2, 0.25) is 5.95 Å². The lowest BCUT2D eigenvalue weighted by molar-refractivity contribution is -0.000663. The Hall–Kier alpha value is -2.32. The summed E-state index contributed by atoms with van der Waals surface area (Å²) in [5.74, 6) is -2.91. The number of nitrogens with one attached hydrogen (secondary N) is 3. The Morgan fingerprint density at radius 1 is 1.15 bits per heavy atom. The molecule has 182 valence electrons. The van der Waals surface area contributed by atoms with Gasteiger partial charge in [-0.3, -0.25) is 0 Å². The summed E-state index contributed by atoms with van der Waals surface area (Å²) >= 11 is 0. The largest absolute Gasteiger partial charge is 0.359 e. The fourth-order valence-corrected chi connectivity index (χ4v) is 5.11. The summed E-state index contributed by atoms with van der Waals surface area (Å²) in [6, 6.07) is -0.191. The van der Waals surface area contributed by atoms with Crippen LogP contribution in [-0.2, 0) is 10.2 Å². The Bertz CT molecular complexity index is 1110. The van der Waals surface area contributed by atoms with Gasteiger partial charge in [-0.15, -0.1) is 0 Å². The highest BCUT2D eigenvalue weighted by Crippen LogP contribution is 2.38. The monoisotopic (exact) mass is 491 g/mol.